The van der Waals surface area contributed by atoms with E-state index in [2.05, 4.69) is 35.4 Å². The van der Waals surface area contributed by atoms with Gasteiger partial charge in [-0.1, -0.05) is 6.42 Å². The van der Waals surface area contributed by atoms with E-state index in [-0.39, 0.29) is 11.2 Å². The van der Waals surface area contributed by atoms with Gasteiger partial charge in [0.25, 0.3) is 0 Å². The Hall–Kier alpha value is -1.33. The van der Waals surface area contributed by atoms with Gasteiger partial charge in [-0.15, -0.1) is 0 Å². The van der Waals surface area contributed by atoms with Gasteiger partial charge in [0, 0.05) is 30.9 Å². The average molecular weight is 321 g/mol. The zero-order valence-electron chi connectivity index (χ0n) is 14.8. The molecule has 2 rings (SSSR count). The summed E-state index contributed by atoms with van der Waals surface area (Å²) in [4.78, 5) is 16.5. The molecule has 0 spiro atoms. The number of hydrogen-bond donors (Lipinski definition) is 1. The number of aromatic nitrogens is 1. The molecule has 0 radical (unpaired) electrons. The first kappa shape index (κ1) is 18.0. The van der Waals surface area contributed by atoms with Gasteiger partial charge in [-0.2, -0.15) is 0 Å². The Morgan fingerprint density at radius 1 is 1.30 bits per heavy atom. The molecule has 0 amide bonds. The predicted octanol–water partition coefficient (Wildman–Crippen LogP) is 2.27. The number of likely N-dealkylation sites (tertiary alicyclic amines) is 1. The van der Waals surface area contributed by atoms with Crippen LogP contribution in [0.5, 0.6) is 5.75 Å². The summed E-state index contributed by atoms with van der Waals surface area (Å²) in [5.74, 6) is -0.145. The Balaban J connectivity index is 2.06. The van der Waals surface area contributed by atoms with E-state index in [1.807, 2.05) is 0 Å². The maximum absolute atomic E-state index is 11.8. The van der Waals surface area contributed by atoms with Crippen LogP contribution in [0.4, 0.5) is 0 Å². The molecule has 0 aliphatic carbocycles. The molecular formula is C18H31N3O2. The van der Waals surface area contributed by atoms with Crippen LogP contribution in [-0.2, 0) is 13.1 Å². The zero-order valence-corrected chi connectivity index (χ0v) is 14.8. The molecule has 23 heavy (non-hydrogen) atoms. The molecule has 130 valence electrons. The summed E-state index contributed by atoms with van der Waals surface area (Å²) >= 11 is 0. The van der Waals surface area contributed by atoms with E-state index < -0.39 is 0 Å². The minimum atomic E-state index is -0.269. The van der Waals surface area contributed by atoms with Gasteiger partial charge >= 0.3 is 0 Å². The Labute approximate surface area is 139 Å². The number of nitrogens with zero attached hydrogens (tertiary/aromatic N) is 3. The summed E-state index contributed by atoms with van der Waals surface area (Å²) in [6.45, 7) is 6.06. The maximum atomic E-state index is 11.8. The largest absolute Gasteiger partial charge is 0.503 e. The Morgan fingerprint density at radius 2 is 2.09 bits per heavy atom. The number of rotatable bonds is 7. The Morgan fingerprint density at radius 3 is 2.78 bits per heavy atom. The van der Waals surface area contributed by atoms with Gasteiger partial charge in [-0.3, -0.25) is 9.69 Å². The summed E-state index contributed by atoms with van der Waals surface area (Å²) in [5, 5.41) is 9.77. The van der Waals surface area contributed by atoms with Gasteiger partial charge in [-0.25, -0.2) is 0 Å². The van der Waals surface area contributed by atoms with Gasteiger partial charge < -0.3 is 14.6 Å². The number of hydrogen-bond acceptors (Lipinski definition) is 4. The van der Waals surface area contributed by atoms with Crippen LogP contribution >= 0.6 is 0 Å². The normalized spacial score (nSPS) is 19.4. The van der Waals surface area contributed by atoms with Crippen molar-refractivity contribution in [1.82, 2.24) is 14.4 Å². The number of pyridine rings is 1. The first-order valence-electron chi connectivity index (χ1n) is 8.78. The molecule has 1 saturated heterocycles. The monoisotopic (exact) mass is 321 g/mol. The number of aromatic hydroxyl groups is 1. The lowest BCUT2D eigenvalue weighted by Gasteiger charge is -2.34. The summed E-state index contributed by atoms with van der Waals surface area (Å²) in [6, 6.07) is 2.18. The molecule has 1 fully saturated rings. The van der Waals surface area contributed by atoms with Crippen LogP contribution in [-0.4, -0.2) is 52.7 Å². The van der Waals surface area contributed by atoms with Gasteiger partial charge in [0.2, 0.25) is 5.43 Å². The van der Waals surface area contributed by atoms with E-state index in [1.165, 1.54) is 19.3 Å². The molecule has 0 saturated carbocycles. The van der Waals surface area contributed by atoms with Crippen molar-refractivity contribution in [3.8, 4) is 5.75 Å². The molecule has 1 unspecified atom stereocenters. The molecule has 2 heterocycles. The molecular weight excluding hydrogens is 290 g/mol. The highest BCUT2D eigenvalue weighted by atomic mass is 16.3. The fourth-order valence-corrected chi connectivity index (χ4v) is 3.26. The lowest BCUT2D eigenvalue weighted by Crippen LogP contribution is -2.37. The fourth-order valence-electron chi connectivity index (χ4n) is 3.26. The minimum absolute atomic E-state index is 0.145. The fraction of sp³-hybridized carbons (Fsp3) is 0.722. The second-order valence-electron chi connectivity index (χ2n) is 7.03. The SMILES string of the molecule is CC1CCCCN1Cc1cc(=O)c(O)cn1CCCCN(C)C. The second-order valence-corrected chi connectivity index (χ2v) is 7.03. The Bertz CT molecular complexity index is 554. The van der Waals surface area contributed by atoms with Crippen molar-refractivity contribution in [2.24, 2.45) is 0 Å². The van der Waals surface area contributed by atoms with Crippen molar-refractivity contribution in [3.05, 3.63) is 28.2 Å². The van der Waals surface area contributed by atoms with Crippen LogP contribution in [0.1, 0.15) is 44.7 Å². The van der Waals surface area contributed by atoms with Crippen LogP contribution in [0.3, 0.4) is 0 Å². The smallest absolute Gasteiger partial charge is 0.223 e. The molecule has 1 N–H and O–H groups in total. The molecule has 1 aliphatic heterocycles. The van der Waals surface area contributed by atoms with E-state index in [1.54, 1.807) is 12.3 Å². The minimum Gasteiger partial charge on any atom is -0.503 e. The van der Waals surface area contributed by atoms with E-state index >= 15 is 0 Å². The van der Waals surface area contributed by atoms with Crippen LogP contribution < -0.4 is 5.43 Å². The van der Waals surface area contributed by atoms with E-state index in [9.17, 15) is 9.90 Å². The zero-order chi connectivity index (χ0) is 16.8. The number of unbranched alkanes of at least 4 members (excludes halogenated alkanes) is 1. The van der Waals surface area contributed by atoms with Gasteiger partial charge in [0.1, 0.15) is 0 Å². The second kappa shape index (κ2) is 8.50. The topological polar surface area (TPSA) is 48.7 Å². The highest BCUT2D eigenvalue weighted by Crippen LogP contribution is 2.19. The van der Waals surface area contributed by atoms with Crippen molar-refractivity contribution in [2.45, 2.75) is 58.2 Å². The van der Waals surface area contributed by atoms with Crippen LogP contribution in [0.15, 0.2) is 17.1 Å². The van der Waals surface area contributed by atoms with Crippen LogP contribution in [0.25, 0.3) is 0 Å². The molecule has 1 atom stereocenters. The van der Waals surface area contributed by atoms with Crippen molar-refractivity contribution in [2.75, 3.05) is 27.2 Å². The van der Waals surface area contributed by atoms with Crippen molar-refractivity contribution < 1.29 is 5.11 Å². The van der Waals surface area contributed by atoms with E-state index in [4.69, 9.17) is 0 Å². The third-order valence-electron chi connectivity index (χ3n) is 4.76. The molecule has 5 nitrogen and oxygen atoms in total. The summed E-state index contributed by atoms with van der Waals surface area (Å²) < 4.78 is 2.06. The maximum Gasteiger partial charge on any atom is 0.223 e. The van der Waals surface area contributed by atoms with E-state index in [0.717, 1.165) is 44.7 Å². The van der Waals surface area contributed by atoms with Gasteiger partial charge in [-0.05, 0) is 59.8 Å². The molecule has 0 bridgehead atoms. The predicted molar refractivity (Wildman–Crippen MR) is 93.9 cm³/mol. The van der Waals surface area contributed by atoms with Gasteiger partial charge in [0.05, 0.1) is 6.20 Å². The van der Waals surface area contributed by atoms with E-state index in [0.29, 0.717) is 6.04 Å². The first-order valence-corrected chi connectivity index (χ1v) is 8.78. The molecule has 0 aromatic carbocycles. The molecule has 1 aromatic rings. The van der Waals surface area contributed by atoms with Gasteiger partial charge in [0.15, 0.2) is 5.75 Å². The number of piperidine rings is 1. The quantitative estimate of drug-likeness (QED) is 0.783. The molecule has 1 aliphatic rings. The summed E-state index contributed by atoms with van der Waals surface area (Å²) in [6.07, 6.45) is 7.52. The van der Waals surface area contributed by atoms with Crippen LogP contribution in [0.2, 0.25) is 0 Å². The molecule has 1 aromatic heterocycles. The average Bonchev–Trinajstić information content (AvgIpc) is 2.50. The number of aryl methyl sites for hydroxylation is 1. The lowest BCUT2D eigenvalue weighted by atomic mass is 10.0. The third-order valence-corrected chi connectivity index (χ3v) is 4.76. The van der Waals surface area contributed by atoms with Crippen molar-refractivity contribution in [3.63, 3.8) is 0 Å². The van der Waals surface area contributed by atoms with Crippen molar-refractivity contribution in [1.29, 1.82) is 0 Å². The highest BCUT2D eigenvalue weighted by Gasteiger charge is 2.19. The first-order chi connectivity index (χ1) is 11.0. The lowest BCUT2D eigenvalue weighted by molar-refractivity contribution is 0.148. The van der Waals surface area contributed by atoms with Crippen molar-refractivity contribution >= 4 is 0 Å². The summed E-state index contributed by atoms with van der Waals surface area (Å²) in [5.41, 5.74) is 0.751. The Kier molecular flexibility index (Phi) is 6.66. The van der Waals surface area contributed by atoms with Crippen LogP contribution in [0, 0.1) is 0 Å². The highest BCUT2D eigenvalue weighted by molar-refractivity contribution is 5.20. The molecule has 5 heteroatoms. The third kappa shape index (κ3) is 5.36. The summed E-state index contributed by atoms with van der Waals surface area (Å²) in [7, 11) is 4.16. The standard InChI is InChI=1S/C18H31N3O2/c1-15-8-4-5-10-20(15)13-16-12-17(22)18(23)14-21(16)11-7-6-9-19(2)3/h12,14-15,23H,4-11,13H2,1-3H3.